The molecule has 0 radical (unpaired) electrons. The molecule has 1 atom stereocenters. The van der Waals surface area contributed by atoms with E-state index in [4.69, 9.17) is 9.47 Å². The van der Waals surface area contributed by atoms with Gasteiger partial charge in [0.25, 0.3) is 5.91 Å². The fourth-order valence-corrected chi connectivity index (χ4v) is 4.78. The number of carbonyl (C=O) groups is 2. The molecule has 0 saturated carbocycles. The standard InChI is InChI=1S/C23H29NO4S/c1-4-18(28-16-11-7-5-8-12-16)21(25)24-22-20(23(26)27-15(2)3)17-13-9-6-10-14-19(17)29-22/h5,7-8,11-12,15,18H,4,6,9-10,13-14H2,1-3H3,(H,24,25). The first-order chi connectivity index (χ1) is 14.0. The molecule has 0 fully saturated rings. The predicted molar refractivity (Wildman–Crippen MR) is 116 cm³/mol. The molecule has 3 rings (SSSR count). The third kappa shape index (κ3) is 5.38. The van der Waals surface area contributed by atoms with Crippen molar-refractivity contribution >= 4 is 28.2 Å². The number of fused-ring (bicyclic) bond motifs is 1. The van der Waals surface area contributed by atoms with Crippen molar-refractivity contribution in [2.45, 2.75) is 71.5 Å². The van der Waals surface area contributed by atoms with Crippen molar-refractivity contribution in [3.8, 4) is 5.75 Å². The Hall–Kier alpha value is -2.34. The van der Waals surface area contributed by atoms with Crippen molar-refractivity contribution in [2.24, 2.45) is 0 Å². The molecule has 156 valence electrons. The van der Waals surface area contributed by atoms with Gasteiger partial charge in [-0.2, -0.15) is 0 Å². The minimum atomic E-state index is -0.631. The molecular formula is C23H29NO4S. The molecule has 1 aliphatic carbocycles. The normalized spacial score (nSPS) is 14.6. The highest BCUT2D eigenvalue weighted by atomic mass is 32.1. The number of anilines is 1. The fraction of sp³-hybridized carbons (Fsp3) is 0.478. The lowest BCUT2D eigenvalue weighted by molar-refractivity contribution is -0.122. The lowest BCUT2D eigenvalue weighted by atomic mass is 10.1. The molecule has 0 saturated heterocycles. The molecule has 1 aromatic carbocycles. The fourth-order valence-electron chi connectivity index (χ4n) is 3.50. The van der Waals surface area contributed by atoms with E-state index in [1.165, 1.54) is 16.2 Å². The molecular weight excluding hydrogens is 386 g/mol. The highest BCUT2D eigenvalue weighted by Gasteiger charge is 2.29. The number of hydrogen-bond acceptors (Lipinski definition) is 5. The molecule has 2 aromatic rings. The third-order valence-electron chi connectivity index (χ3n) is 4.89. The van der Waals surface area contributed by atoms with E-state index < -0.39 is 6.10 Å². The van der Waals surface area contributed by atoms with Crippen molar-refractivity contribution in [1.29, 1.82) is 0 Å². The minimum Gasteiger partial charge on any atom is -0.481 e. The first kappa shape index (κ1) is 21.4. The van der Waals surface area contributed by atoms with Gasteiger partial charge in [-0.05, 0) is 63.6 Å². The molecule has 29 heavy (non-hydrogen) atoms. The summed E-state index contributed by atoms with van der Waals surface area (Å²) < 4.78 is 11.4. The molecule has 0 spiro atoms. The Kier molecular flexibility index (Phi) is 7.31. The third-order valence-corrected chi connectivity index (χ3v) is 6.10. The Morgan fingerprint density at radius 3 is 2.52 bits per heavy atom. The van der Waals surface area contributed by atoms with Crippen LogP contribution in [0.25, 0.3) is 0 Å². The maximum Gasteiger partial charge on any atom is 0.341 e. The number of rotatable bonds is 7. The van der Waals surface area contributed by atoms with Crippen LogP contribution in [0.3, 0.4) is 0 Å². The molecule has 1 unspecified atom stereocenters. The van der Waals surface area contributed by atoms with Crippen LogP contribution >= 0.6 is 11.3 Å². The SMILES string of the molecule is CCC(Oc1ccccc1)C(=O)Nc1sc2c(c1C(=O)OC(C)C)CCCCC2. The van der Waals surface area contributed by atoms with Gasteiger partial charge in [0, 0.05) is 4.88 Å². The highest BCUT2D eigenvalue weighted by molar-refractivity contribution is 7.17. The minimum absolute atomic E-state index is 0.211. The summed E-state index contributed by atoms with van der Waals surface area (Å²) in [6.45, 7) is 5.58. The van der Waals surface area contributed by atoms with Gasteiger partial charge in [0.05, 0.1) is 11.7 Å². The first-order valence-electron chi connectivity index (χ1n) is 10.4. The van der Waals surface area contributed by atoms with E-state index in [1.54, 1.807) is 0 Å². The van der Waals surface area contributed by atoms with Crippen LogP contribution in [0.1, 0.15) is 67.3 Å². The van der Waals surface area contributed by atoms with Gasteiger partial charge >= 0.3 is 5.97 Å². The summed E-state index contributed by atoms with van der Waals surface area (Å²) in [5.41, 5.74) is 1.58. The molecule has 1 aliphatic rings. The summed E-state index contributed by atoms with van der Waals surface area (Å²) in [5.74, 6) is 0.0500. The topological polar surface area (TPSA) is 64.6 Å². The van der Waals surface area contributed by atoms with E-state index in [1.807, 2.05) is 51.1 Å². The van der Waals surface area contributed by atoms with Crippen LogP contribution in [0.5, 0.6) is 5.75 Å². The van der Waals surface area contributed by atoms with Crippen molar-refractivity contribution in [3.05, 3.63) is 46.3 Å². The van der Waals surface area contributed by atoms with Crippen LogP contribution in [0.4, 0.5) is 5.00 Å². The largest absolute Gasteiger partial charge is 0.481 e. The number of aryl methyl sites for hydroxylation is 1. The summed E-state index contributed by atoms with van der Waals surface area (Å²) in [6.07, 6.45) is 4.78. The lowest BCUT2D eigenvalue weighted by Gasteiger charge is -2.17. The number of carbonyl (C=O) groups excluding carboxylic acids is 2. The smallest absolute Gasteiger partial charge is 0.341 e. The average Bonchev–Trinajstić information content (AvgIpc) is 2.87. The van der Waals surface area contributed by atoms with Crippen LogP contribution in [0.2, 0.25) is 0 Å². The molecule has 0 aliphatic heterocycles. The Balaban J connectivity index is 1.84. The zero-order valence-electron chi connectivity index (χ0n) is 17.3. The number of para-hydroxylation sites is 1. The molecule has 0 bridgehead atoms. The number of benzene rings is 1. The second kappa shape index (κ2) is 9.92. The van der Waals surface area contributed by atoms with E-state index in [2.05, 4.69) is 5.32 Å². The molecule has 6 heteroatoms. The molecule has 1 amide bonds. The number of amides is 1. The van der Waals surface area contributed by atoms with E-state index in [9.17, 15) is 9.59 Å². The van der Waals surface area contributed by atoms with Crippen molar-refractivity contribution in [3.63, 3.8) is 0 Å². The van der Waals surface area contributed by atoms with Gasteiger partial charge in [-0.3, -0.25) is 4.79 Å². The Morgan fingerprint density at radius 1 is 1.10 bits per heavy atom. The number of nitrogens with one attached hydrogen (secondary N) is 1. The second-order valence-corrected chi connectivity index (χ2v) is 8.64. The number of thiophene rings is 1. The van der Waals surface area contributed by atoms with Gasteiger partial charge in [0.2, 0.25) is 0 Å². The highest BCUT2D eigenvalue weighted by Crippen LogP contribution is 2.38. The monoisotopic (exact) mass is 415 g/mol. The molecule has 5 nitrogen and oxygen atoms in total. The molecule has 1 heterocycles. The van der Waals surface area contributed by atoms with E-state index in [0.717, 1.165) is 37.7 Å². The van der Waals surface area contributed by atoms with Crippen molar-refractivity contribution in [1.82, 2.24) is 0 Å². The Morgan fingerprint density at radius 2 is 1.83 bits per heavy atom. The summed E-state index contributed by atoms with van der Waals surface area (Å²) in [4.78, 5) is 27.0. The van der Waals surface area contributed by atoms with Crippen molar-refractivity contribution in [2.75, 3.05) is 5.32 Å². The lowest BCUT2D eigenvalue weighted by Crippen LogP contribution is -2.32. The van der Waals surface area contributed by atoms with Gasteiger partial charge in [-0.1, -0.05) is 31.5 Å². The predicted octanol–water partition coefficient (Wildman–Crippen LogP) is 5.38. The number of esters is 1. The molecule has 1 N–H and O–H groups in total. The maximum atomic E-state index is 12.9. The second-order valence-electron chi connectivity index (χ2n) is 7.54. The van der Waals surface area contributed by atoms with Gasteiger partial charge in [0.1, 0.15) is 10.8 Å². The number of ether oxygens (including phenoxy) is 2. The Bertz CT molecular complexity index is 844. The van der Waals surface area contributed by atoms with Crippen LogP contribution in [-0.4, -0.2) is 24.1 Å². The van der Waals surface area contributed by atoms with Crippen LogP contribution in [0, 0.1) is 0 Å². The summed E-state index contributed by atoms with van der Waals surface area (Å²) >= 11 is 1.50. The number of hydrogen-bond donors (Lipinski definition) is 1. The van der Waals surface area contributed by atoms with E-state index in [0.29, 0.717) is 22.7 Å². The Labute approximate surface area is 176 Å². The average molecular weight is 416 g/mol. The van der Waals surface area contributed by atoms with Crippen LogP contribution in [-0.2, 0) is 22.4 Å². The maximum absolute atomic E-state index is 12.9. The zero-order valence-corrected chi connectivity index (χ0v) is 18.1. The van der Waals surface area contributed by atoms with Gasteiger partial charge in [-0.25, -0.2) is 4.79 Å². The van der Waals surface area contributed by atoms with Crippen molar-refractivity contribution < 1.29 is 19.1 Å². The van der Waals surface area contributed by atoms with Crippen LogP contribution in [0.15, 0.2) is 30.3 Å². The van der Waals surface area contributed by atoms with Gasteiger partial charge in [-0.15, -0.1) is 11.3 Å². The van der Waals surface area contributed by atoms with Gasteiger partial charge < -0.3 is 14.8 Å². The quantitative estimate of drug-likeness (QED) is 0.487. The van der Waals surface area contributed by atoms with E-state index in [-0.39, 0.29) is 18.0 Å². The first-order valence-corrected chi connectivity index (χ1v) is 11.2. The van der Waals surface area contributed by atoms with Gasteiger partial charge in [0.15, 0.2) is 6.10 Å². The summed E-state index contributed by atoms with van der Waals surface area (Å²) in [7, 11) is 0. The van der Waals surface area contributed by atoms with Crippen LogP contribution < -0.4 is 10.1 Å². The summed E-state index contributed by atoms with van der Waals surface area (Å²) in [5, 5.41) is 3.55. The summed E-state index contributed by atoms with van der Waals surface area (Å²) in [6, 6.07) is 9.30. The zero-order chi connectivity index (χ0) is 20.8. The molecule has 1 aromatic heterocycles. The van der Waals surface area contributed by atoms with E-state index >= 15 is 0 Å².